The number of unbranched alkanes of at least 4 members (excludes halogenated alkanes) is 3. The Kier molecular flexibility index (Phi) is 42.1. The smallest absolute Gasteiger partial charge is 0.373 e. The van der Waals surface area contributed by atoms with Crippen LogP contribution in [0.1, 0.15) is 153 Å². The van der Waals surface area contributed by atoms with Gasteiger partial charge in [-0.25, -0.2) is 25.7 Å². The highest BCUT2D eigenvalue weighted by molar-refractivity contribution is 7.86. The van der Waals surface area contributed by atoms with Crippen molar-refractivity contribution in [2.75, 3.05) is 99.9 Å². The van der Waals surface area contributed by atoms with Gasteiger partial charge in [0.15, 0.2) is 40.3 Å². The number of hydrazone groups is 2. The first kappa shape index (κ1) is 115. The molecular weight excluding hydrogens is 1950 g/mol. The highest BCUT2D eigenvalue weighted by atomic mass is 32.2. The average Bonchev–Trinajstić information content (AvgIpc) is 1.64. The van der Waals surface area contributed by atoms with E-state index in [-0.39, 0.29) is 74.7 Å². The van der Waals surface area contributed by atoms with Crippen LogP contribution in [-0.2, 0) is 70.0 Å². The van der Waals surface area contributed by atoms with E-state index in [1.165, 1.54) is 99.4 Å². The van der Waals surface area contributed by atoms with Gasteiger partial charge in [-0.05, 0) is 251 Å². The van der Waals surface area contributed by atoms with Crippen LogP contribution >= 0.6 is 0 Å². The number of methoxy groups -OCH3 is 7. The molecule has 0 aliphatic carbocycles. The molecule has 44 heteroatoms. The first-order valence-electron chi connectivity index (χ1n) is 47.3. The molecule has 5 heterocycles. The highest BCUT2D eigenvalue weighted by Crippen LogP contribution is 2.44. The van der Waals surface area contributed by atoms with Crippen molar-refractivity contribution < 1.29 is 127 Å². The van der Waals surface area contributed by atoms with Gasteiger partial charge in [-0.1, -0.05) is 72.8 Å². The van der Waals surface area contributed by atoms with Crippen molar-refractivity contribution >= 4 is 98.5 Å². The van der Waals surface area contributed by atoms with E-state index in [2.05, 4.69) is 41.6 Å². The summed E-state index contributed by atoms with van der Waals surface area (Å²) in [7, 11) is 1.40. The minimum absolute atomic E-state index is 0.0847. The molecule has 3 saturated heterocycles. The van der Waals surface area contributed by atoms with Gasteiger partial charge in [0.1, 0.15) is 74.0 Å². The maximum atomic E-state index is 13.8. The predicted molar refractivity (Wildman–Crippen MR) is 551 cm³/mol. The lowest BCUT2D eigenvalue weighted by molar-refractivity contribution is -0.152. The summed E-state index contributed by atoms with van der Waals surface area (Å²) in [4.78, 5) is 115. The van der Waals surface area contributed by atoms with Crippen molar-refractivity contribution in [2.24, 2.45) is 15.9 Å². The predicted octanol–water partition coefficient (Wildman–Crippen LogP) is 12.9. The molecule has 3 fully saturated rings. The zero-order valence-corrected chi connectivity index (χ0v) is 85.8. The van der Waals surface area contributed by atoms with E-state index >= 15 is 0 Å². The summed E-state index contributed by atoms with van der Waals surface area (Å²) in [6, 6.07) is 53.5. The first-order chi connectivity index (χ1) is 70.8. The normalized spacial score (nSPS) is 16.4. The van der Waals surface area contributed by atoms with Crippen molar-refractivity contribution in [1.82, 2.24) is 46.2 Å². The first-order valence-corrected chi connectivity index (χ1v) is 50.2. The molecule has 13 rings (SSSR count). The molecule has 788 valence electrons. The van der Waals surface area contributed by atoms with Gasteiger partial charge in [-0.15, -0.1) is 0 Å². The summed E-state index contributed by atoms with van der Waals surface area (Å²) in [6.07, 6.45) is 12.0. The van der Waals surface area contributed by atoms with Gasteiger partial charge in [0.05, 0.1) is 84.0 Å². The molecule has 6 amide bonds. The van der Waals surface area contributed by atoms with Crippen molar-refractivity contribution in [1.29, 1.82) is 0 Å². The Morgan fingerprint density at radius 1 is 0.453 bits per heavy atom. The van der Waals surface area contributed by atoms with Gasteiger partial charge in [0.25, 0.3) is 38.0 Å². The van der Waals surface area contributed by atoms with E-state index in [0.717, 1.165) is 36.0 Å². The molecule has 6 atom stereocenters. The molecule has 0 radical (unpaired) electrons. The summed E-state index contributed by atoms with van der Waals surface area (Å²) in [5.74, 6) is 5.09. The Morgan fingerprint density at radius 2 is 0.791 bits per heavy atom. The third-order valence-corrected chi connectivity index (χ3v) is 27.1. The number of Topliss-reactive ketones (excluding diaryl/α,β-unsaturated/α-hetero) is 1. The lowest BCUT2D eigenvalue weighted by atomic mass is 9.81. The number of nitrogens with zero attached hydrogens (tertiary/aromatic N) is 7. The molecule has 148 heavy (non-hydrogen) atoms. The minimum atomic E-state index is -4.43. The molecule has 0 unspecified atom stereocenters. The van der Waals surface area contributed by atoms with Crippen LogP contribution in [0.15, 0.2) is 233 Å². The van der Waals surface area contributed by atoms with Crippen LogP contribution in [0.5, 0.6) is 69.0 Å². The number of aromatic nitrogens is 2. The third kappa shape index (κ3) is 30.5. The number of esters is 1. The number of hydroxylamine groups is 2. The zero-order valence-electron chi connectivity index (χ0n) is 84.1. The second-order valence-corrected chi connectivity index (χ2v) is 37.8. The minimum Gasteiger partial charge on any atom is -0.493 e. The topological polar surface area (TPSA) is 557 Å². The van der Waals surface area contributed by atoms with Crippen LogP contribution < -0.4 is 80.7 Å². The number of ether oxygens (including phenoxy) is 10. The van der Waals surface area contributed by atoms with E-state index in [0.29, 0.717) is 164 Å². The maximum absolute atomic E-state index is 13.8. The van der Waals surface area contributed by atoms with E-state index in [4.69, 9.17) is 57.7 Å². The number of ketones is 1. The standard InChI is InChI=1S/C38H42N6O10S.C27H37BN2O7.C25H33N3O6.C14H13N3O4S/c1-38(27-12-14-28(15-13-27)54-29-16-17-31(52-2)32(22-29)53-3)19-21-44(37(38)47)30(36(46)43-48)9-6-7-20-39-35(45)26-11-18-34(40-23-26)42-41-24-25-8-4-5-10-33(25)55(49,50)51;1-27(15-17-30(26(27)32)22(25(31)36-5)8-6-7-16-29-28(2)33)19-9-11-20(12-10-19)37-21-13-14-23(34-3)24(18-21)35-4;1-25(13-15-28(24(25)30)20(23(29)27-31)6-4-5-14-26)17-7-9-18(10-8-17)34-19-11-12-21(32-2)22(16-19)33-3;1-10(18)11-6-7-14(15-8-11)17-16-9-12-4-2-3-5-13(12)22(19,20)21/h4-5,8,10-18,22-24,30,48H,6-7,9,19-21H2,1-3H3,(H,39,45)(H,40,42)(H,43,46)(H,49,50,51);9-14,18,22,29,33H,6-8,15-17H2,1-5H3;7-12,16,20,31H,4-6,13-15,26H2,1-3H3,(H,27,29);2-9H,1H3,(H,15,17)(H,19,20,21)/b41-24-;;;16-9-/t30-,38+;22-,27+;20-,25+;/m111./s1. The molecule has 3 aliphatic heterocycles. The van der Waals surface area contributed by atoms with Crippen LogP contribution in [0.25, 0.3) is 0 Å². The lowest BCUT2D eigenvalue weighted by Gasteiger charge is -2.29. The van der Waals surface area contributed by atoms with Crippen LogP contribution in [-0.4, -0.2) is 240 Å². The number of carbonyl (C=O) groups excluding carboxylic acids is 8. The largest absolute Gasteiger partial charge is 0.493 e. The second kappa shape index (κ2) is 54.3. The number of nitrogens with two attached hydrogens (primary N) is 1. The number of likely N-dealkylation sites (tertiary alicyclic amines) is 3. The van der Waals surface area contributed by atoms with Gasteiger partial charge in [0, 0.05) is 73.5 Å². The molecule has 0 spiro atoms. The monoisotopic (exact) mass is 2080 g/mol. The molecule has 0 bridgehead atoms. The van der Waals surface area contributed by atoms with E-state index < -0.39 is 79.4 Å². The molecule has 3 aliphatic rings. The maximum Gasteiger partial charge on any atom is 0.373 e. The van der Waals surface area contributed by atoms with Crippen molar-refractivity contribution in [2.45, 2.75) is 156 Å². The number of pyridine rings is 2. The number of nitrogens with one attached hydrogen (secondary N) is 6. The molecule has 8 aromatic carbocycles. The van der Waals surface area contributed by atoms with Gasteiger partial charge in [-0.3, -0.25) is 63.9 Å². The highest BCUT2D eigenvalue weighted by Gasteiger charge is 2.51. The summed E-state index contributed by atoms with van der Waals surface area (Å²) in [5.41, 5.74) is 15.4. The van der Waals surface area contributed by atoms with Gasteiger partial charge < -0.3 is 83.4 Å². The zero-order chi connectivity index (χ0) is 107. The second-order valence-electron chi connectivity index (χ2n) is 35.0. The van der Waals surface area contributed by atoms with Crippen molar-refractivity contribution in [3.63, 3.8) is 0 Å². The number of carbonyl (C=O) groups is 8. The summed E-state index contributed by atoms with van der Waals surface area (Å²) >= 11 is 0. The van der Waals surface area contributed by atoms with Crippen LogP contribution in [0.4, 0.5) is 11.6 Å². The summed E-state index contributed by atoms with van der Waals surface area (Å²) < 4.78 is 119. The number of rotatable bonds is 46. The number of anilines is 2. The summed E-state index contributed by atoms with van der Waals surface area (Å²) in [6.45, 7) is 11.4. The summed E-state index contributed by atoms with van der Waals surface area (Å²) in [5, 5.41) is 41.6. The Hall–Kier alpha value is -15.2. The fraction of sp³-hybridized carbons (Fsp3) is 0.346. The fourth-order valence-corrected chi connectivity index (χ4v) is 18.2. The van der Waals surface area contributed by atoms with Crippen LogP contribution in [0, 0.1) is 0 Å². The van der Waals surface area contributed by atoms with Crippen LogP contribution in [0.2, 0.25) is 6.82 Å². The van der Waals surface area contributed by atoms with Gasteiger partial charge in [-0.2, -0.15) is 27.0 Å². The molecule has 10 aromatic rings. The molecule has 0 saturated carbocycles. The molecule has 2 aromatic heterocycles. The Morgan fingerprint density at radius 3 is 1.11 bits per heavy atom. The van der Waals surface area contributed by atoms with E-state index in [1.807, 2.05) is 81.4 Å². The van der Waals surface area contributed by atoms with E-state index in [9.17, 15) is 75.2 Å². The lowest BCUT2D eigenvalue weighted by Crippen LogP contribution is -2.49. The number of benzene rings is 8. The van der Waals surface area contributed by atoms with Crippen molar-refractivity contribution in [3.05, 3.63) is 252 Å². The number of hydrogen-bond acceptors (Lipinski definition) is 33. The SMILES string of the molecule is CC(=O)c1ccc(N/N=C\c2ccccc2S(=O)(=O)O)nc1.COC(=O)[C@@H](CCCCNB(C)O)N1CC[C@@](C)(c2ccc(Oc3ccc(OC)c(OC)c3)cc2)C1=O.COc1ccc(Oc2ccc([C@]3(C)CCN([C@H](CCCCN)C(=O)NO)C3=O)cc2)cc1OC.COc1ccc(Oc2ccc([C@]3(C)CCN([C@H](CCCCNC(=O)c4ccc(N/N=C\c5ccccc5S(=O)(=O)O)nc4)C(=O)NO)C3=O)cc2)cc1OC. The van der Waals surface area contributed by atoms with Crippen LogP contribution in [0.3, 0.4) is 0 Å². The quantitative estimate of drug-likeness (QED) is 0.00246. The van der Waals surface area contributed by atoms with E-state index in [1.54, 1.807) is 154 Å². The Bertz CT molecular complexity index is 6500. The Labute approximate surface area is 859 Å². The Balaban J connectivity index is 0.000000212. The number of hydrogen-bond donors (Lipinski definition) is 12. The molecular formula is C104H125BN14O27S2. The van der Waals surface area contributed by atoms with Gasteiger partial charge >= 0.3 is 13.0 Å². The van der Waals surface area contributed by atoms with Gasteiger partial charge in [0.2, 0.25) is 17.7 Å². The third-order valence-electron chi connectivity index (χ3n) is 25.3. The molecule has 41 nitrogen and oxygen atoms in total. The average molecular weight is 2080 g/mol. The molecule has 13 N–H and O–H groups in total. The van der Waals surface area contributed by atoms with Crippen molar-refractivity contribution in [3.8, 4) is 69.0 Å². The number of amides is 6. The fourth-order valence-electron chi connectivity index (χ4n) is 16.8.